The van der Waals surface area contributed by atoms with Gasteiger partial charge in [0, 0.05) is 16.8 Å². The van der Waals surface area contributed by atoms with E-state index in [-0.39, 0.29) is 17.2 Å². The number of halogens is 1. The molecule has 0 fully saturated rings. The van der Waals surface area contributed by atoms with E-state index in [2.05, 4.69) is 20.6 Å². The molecule has 0 saturated heterocycles. The maximum atomic E-state index is 12.3. The number of nitrogens with one attached hydrogen (secondary N) is 3. The van der Waals surface area contributed by atoms with Crippen LogP contribution in [0.2, 0.25) is 5.02 Å². The lowest BCUT2D eigenvalue weighted by atomic mass is 10.3. The topological polar surface area (TPSA) is 139 Å². The highest BCUT2D eigenvalue weighted by Gasteiger charge is 2.15. The van der Waals surface area contributed by atoms with Crippen LogP contribution in [0.15, 0.2) is 75.1 Å². The molecule has 2 aromatic carbocycles. The molecule has 10 nitrogen and oxygen atoms in total. The summed E-state index contributed by atoms with van der Waals surface area (Å²) >= 11 is 5.77. The van der Waals surface area contributed by atoms with Crippen LogP contribution in [-0.4, -0.2) is 33.6 Å². The molecule has 0 unspecified atom stereocenters. The highest BCUT2D eigenvalue weighted by Crippen LogP contribution is 2.17. The van der Waals surface area contributed by atoms with Gasteiger partial charge in [-0.25, -0.2) is 18.6 Å². The van der Waals surface area contributed by atoms with Crippen molar-refractivity contribution in [2.45, 2.75) is 11.4 Å². The molecule has 0 spiro atoms. The number of furan rings is 1. The molecule has 1 aromatic heterocycles. The fraction of sp³-hybridized carbons (Fsp3) is 0.0952. The molecule has 172 valence electrons. The Balaban J connectivity index is 1.50. The van der Waals surface area contributed by atoms with E-state index in [0.717, 1.165) is 0 Å². The van der Waals surface area contributed by atoms with Gasteiger partial charge in [-0.3, -0.25) is 9.59 Å². The van der Waals surface area contributed by atoms with Gasteiger partial charge in [-0.2, -0.15) is 5.10 Å². The first kappa shape index (κ1) is 24.0. The Kier molecular flexibility index (Phi) is 7.83. The molecule has 1 heterocycles. The van der Waals surface area contributed by atoms with Gasteiger partial charge < -0.3 is 14.5 Å². The SMILES string of the molecule is COc1cccc(NC(=O)C(=O)N/N=C/c2ccc(CNS(=O)(=O)c3ccc(Cl)cc3)o2)c1. The number of ether oxygens (including phenoxy) is 1. The van der Waals surface area contributed by atoms with Gasteiger partial charge in [-0.15, -0.1) is 0 Å². The van der Waals surface area contributed by atoms with E-state index in [9.17, 15) is 18.0 Å². The number of amides is 2. The van der Waals surface area contributed by atoms with Gasteiger partial charge in [-0.1, -0.05) is 17.7 Å². The van der Waals surface area contributed by atoms with E-state index < -0.39 is 21.8 Å². The van der Waals surface area contributed by atoms with Gasteiger partial charge in [0.05, 0.1) is 24.8 Å². The van der Waals surface area contributed by atoms with Crippen LogP contribution >= 0.6 is 11.6 Å². The molecule has 0 aliphatic rings. The minimum Gasteiger partial charge on any atom is -0.497 e. The summed E-state index contributed by atoms with van der Waals surface area (Å²) in [6.07, 6.45) is 1.17. The number of sulfonamides is 1. The number of hydrogen-bond acceptors (Lipinski definition) is 7. The fourth-order valence-corrected chi connectivity index (χ4v) is 3.64. The van der Waals surface area contributed by atoms with Crippen molar-refractivity contribution in [2.24, 2.45) is 5.10 Å². The van der Waals surface area contributed by atoms with Crippen LogP contribution in [0, 0.1) is 0 Å². The molecule has 0 aliphatic heterocycles. The Morgan fingerprint density at radius 3 is 2.58 bits per heavy atom. The number of carbonyl (C=O) groups excluding carboxylic acids is 2. The third-order valence-corrected chi connectivity index (χ3v) is 5.80. The minimum atomic E-state index is -3.75. The average molecular weight is 491 g/mol. The van der Waals surface area contributed by atoms with Crippen LogP contribution in [0.25, 0.3) is 0 Å². The number of rotatable bonds is 8. The third kappa shape index (κ3) is 6.91. The van der Waals surface area contributed by atoms with Crippen molar-refractivity contribution in [1.29, 1.82) is 0 Å². The van der Waals surface area contributed by atoms with Crippen molar-refractivity contribution in [3.8, 4) is 5.75 Å². The maximum absolute atomic E-state index is 12.3. The monoisotopic (exact) mass is 490 g/mol. The first-order valence-electron chi connectivity index (χ1n) is 9.39. The highest BCUT2D eigenvalue weighted by atomic mass is 35.5. The summed E-state index contributed by atoms with van der Waals surface area (Å²) in [6.45, 7) is -0.103. The summed E-state index contributed by atoms with van der Waals surface area (Å²) in [4.78, 5) is 23.9. The largest absolute Gasteiger partial charge is 0.497 e. The molecule has 3 N–H and O–H groups in total. The Morgan fingerprint density at radius 1 is 1.09 bits per heavy atom. The van der Waals surface area contributed by atoms with Gasteiger partial charge in [-0.05, 0) is 48.5 Å². The third-order valence-electron chi connectivity index (χ3n) is 4.13. The van der Waals surface area contributed by atoms with Crippen molar-refractivity contribution in [2.75, 3.05) is 12.4 Å². The van der Waals surface area contributed by atoms with Gasteiger partial charge >= 0.3 is 11.8 Å². The molecule has 0 bridgehead atoms. The number of methoxy groups -OCH3 is 1. The van der Waals surface area contributed by atoms with Crippen molar-refractivity contribution in [1.82, 2.24) is 10.1 Å². The van der Waals surface area contributed by atoms with Crippen LogP contribution in [0.5, 0.6) is 5.75 Å². The standard InChI is InChI=1S/C21H19ClN4O6S/c1-31-16-4-2-3-15(11-16)25-20(27)21(28)26-23-12-17-7-8-18(32-17)13-24-33(29,30)19-9-5-14(22)6-10-19/h2-12,24H,13H2,1H3,(H,25,27)(H,26,28)/b23-12+. The molecule has 0 atom stereocenters. The normalized spacial score (nSPS) is 11.3. The zero-order chi connectivity index (χ0) is 23.8. The van der Waals surface area contributed by atoms with Gasteiger partial charge in [0.25, 0.3) is 0 Å². The molecule has 3 aromatic rings. The predicted octanol–water partition coefficient (Wildman–Crippen LogP) is 2.51. The van der Waals surface area contributed by atoms with E-state index in [1.165, 1.54) is 43.7 Å². The highest BCUT2D eigenvalue weighted by molar-refractivity contribution is 7.89. The Bertz CT molecular complexity index is 1270. The lowest BCUT2D eigenvalue weighted by Crippen LogP contribution is -2.32. The molecule has 2 amide bonds. The van der Waals surface area contributed by atoms with E-state index >= 15 is 0 Å². The van der Waals surface area contributed by atoms with E-state index in [4.69, 9.17) is 20.8 Å². The van der Waals surface area contributed by atoms with E-state index in [0.29, 0.717) is 22.2 Å². The van der Waals surface area contributed by atoms with Gasteiger partial charge in [0.2, 0.25) is 10.0 Å². The van der Waals surface area contributed by atoms with Crippen molar-refractivity contribution in [3.05, 3.63) is 77.2 Å². The van der Waals surface area contributed by atoms with Crippen molar-refractivity contribution < 1.29 is 27.2 Å². The number of benzene rings is 2. The number of anilines is 1. The fourth-order valence-electron chi connectivity index (χ4n) is 2.52. The molecule has 3 rings (SSSR count). The van der Waals surface area contributed by atoms with E-state index in [1.807, 2.05) is 0 Å². The van der Waals surface area contributed by atoms with Gasteiger partial charge in [0.15, 0.2) is 0 Å². The molecule has 33 heavy (non-hydrogen) atoms. The second-order valence-electron chi connectivity index (χ2n) is 6.47. The summed E-state index contributed by atoms with van der Waals surface area (Å²) in [5.74, 6) is -0.829. The smallest absolute Gasteiger partial charge is 0.329 e. The van der Waals surface area contributed by atoms with Crippen molar-refractivity contribution in [3.63, 3.8) is 0 Å². The number of nitrogens with zero attached hydrogens (tertiary/aromatic N) is 1. The number of carbonyl (C=O) groups is 2. The maximum Gasteiger partial charge on any atom is 0.329 e. The summed E-state index contributed by atoms with van der Waals surface area (Å²) in [5.41, 5.74) is 2.46. The number of hydrogen-bond donors (Lipinski definition) is 3. The summed E-state index contributed by atoms with van der Waals surface area (Å²) in [6, 6.07) is 15.3. The number of hydrazone groups is 1. The molecular formula is C21H19ClN4O6S. The molecule has 0 aliphatic carbocycles. The lowest BCUT2D eigenvalue weighted by Gasteiger charge is -2.05. The molecular weight excluding hydrogens is 472 g/mol. The minimum absolute atomic E-state index is 0.0650. The predicted molar refractivity (Wildman–Crippen MR) is 122 cm³/mol. The second-order valence-corrected chi connectivity index (χ2v) is 8.67. The van der Waals surface area contributed by atoms with Crippen molar-refractivity contribution >= 4 is 45.3 Å². The second kappa shape index (κ2) is 10.8. The van der Waals surface area contributed by atoms with Crippen LogP contribution in [0.1, 0.15) is 11.5 Å². The molecule has 0 saturated carbocycles. The zero-order valence-electron chi connectivity index (χ0n) is 17.2. The Morgan fingerprint density at radius 2 is 1.85 bits per heavy atom. The summed E-state index contributed by atoms with van der Waals surface area (Å²) in [7, 11) is -2.26. The lowest BCUT2D eigenvalue weighted by molar-refractivity contribution is -0.136. The van der Waals surface area contributed by atoms with Crippen LogP contribution in [0.3, 0.4) is 0 Å². The van der Waals surface area contributed by atoms with Gasteiger partial charge in [0.1, 0.15) is 17.3 Å². The quantitative estimate of drug-likeness (QED) is 0.252. The average Bonchev–Trinajstić information content (AvgIpc) is 3.26. The zero-order valence-corrected chi connectivity index (χ0v) is 18.8. The molecule has 12 heteroatoms. The van der Waals surface area contributed by atoms with E-state index in [1.54, 1.807) is 30.3 Å². The Hall–Kier alpha value is -3.67. The first-order valence-corrected chi connectivity index (χ1v) is 11.3. The van der Waals surface area contributed by atoms with Crippen LogP contribution in [0.4, 0.5) is 5.69 Å². The Labute approximate surface area is 194 Å². The summed E-state index contributed by atoms with van der Waals surface area (Å²) in [5, 5.41) is 6.50. The first-order chi connectivity index (χ1) is 15.8. The van der Waals surface area contributed by atoms with Crippen LogP contribution < -0.4 is 20.2 Å². The van der Waals surface area contributed by atoms with Crippen LogP contribution in [-0.2, 0) is 26.2 Å². The molecule has 0 radical (unpaired) electrons. The summed E-state index contributed by atoms with van der Waals surface area (Å²) < 4.78 is 37.5.